The SMILES string of the molecule is NS(=O)(=O)c1ccc(CCNCc2cnccn2)cc1. The highest BCUT2D eigenvalue weighted by Crippen LogP contribution is 2.08. The van der Waals surface area contributed by atoms with Gasteiger partial charge in [0.2, 0.25) is 10.0 Å². The zero-order chi connectivity index (χ0) is 14.4. The van der Waals surface area contributed by atoms with Crippen molar-refractivity contribution in [3.8, 4) is 0 Å². The molecule has 0 saturated heterocycles. The van der Waals surface area contributed by atoms with E-state index in [9.17, 15) is 8.42 Å². The summed E-state index contributed by atoms with van der Waals surface area (Å²) in [6.07, 6.45) is 5.80. The molecule has 0 aliphatic heterocycles. The monoisotopic (exact) mass is 292 g/mol. The van der Waals surface area contributed by atoms with E-state index >= 15 is 0 Å². The minimum absolute atomic E-state index is 0.133. The summed E-state index contributed by atoms with van der Waals surface area (Å²) in [5.74, 6) is 0. The molecule has 0 amide bonds. The molecular formula is C13H16N4O2S. The maximum absolute atomic E-state index is 11.1. The van der Waals surface area contributed by atoms with Gasteiger partial charge in [-0.05, 0) is 30.7 Å². The molecule has 20 heavy (non-hydrogen) atoms. The third-order valence-electron chi connectivity index (χ3n) is 2.77. The fourth-order valence-corrected chi connectivity index (χ4v) is 2.23. The van der Waals surface area contributed by atoms with Gasteiger partial charge in [0.25, 0.3) is 0 Å². The molecule has 0 spiro atoms. The highest BCUT2D eigenvalue weighted by Gasteiger charge is 2.06. The molecule has 0 fully saturated rings. The van der Waals surface area contributed by atoms with Gasteiger partial charge in [-0.25, -0.2) is 13.6 Å². The third kappa shape index (κ3) is 4.37. The lowest BCUT2D eigenvalue weighted by atomic mass is 10.1. The Balaban J connectivity index is 1.80. The van der Waals surface area contributed by atoms with E-state index in [2.05, 4.69) is 15.3 Å². The third-order valence-corrected chi connectivity index (χ3v) is 3.69. The van der Waals surface area contributed by atoms with Crippen LogP contribution in [0.25, 0.3) is 0 Å². The lowest BCUT2D eigenvalue weighted by molar-refractivity contribution is 0.597. The summed E-state index contributed by atoms with van der Waals surface area (Å²) >= 11 is 0. The normalized spacial score (nSPS) is 11.4. The van der Waals surface area contributed by atoms with Crippen LogP contribution in [-0.2, 0) is 23.0 Å². The maximum Gasteiger partial charge on any atom is 0.238 e. The van der Waals surface area contributed by atoms with Crippen LogP contribution in [0, 0.1) is 0 Å². The number of rotatable bonds is 6. The van der Waals surface area contributed by atoms with Gasteiger partial charge in [-0.15, -0.1) is 0 Å². The van der Waals surface area contributed by atoms with Gasteiger partial charge in [-0.2, -0.15) is 0 Å². The lowest BCUT2D eigenvalue weighted by Crippen LogP contribution is -2.17. The second-order valence-corrected chi connectivity index (χ2v) is 5.87. The first-order valence-corrected chi connectivity index (χ1v) is 7.68. The minimum atomic E-state index is -3.61. The molecule has 106 valence electrons. The van der Waals surface area contributed by atoms with Crippen molar-refractivity contribution in [3.63, 3.8) is 0 Å². The van der Waals surface area contributed by atoms with Gasteiger partial charge in [0.15, 0.2) is 0 Å². The van der Waals surface area contributed by atoms with Crippen LogP contribution in [-0.4, -0.2) is 24.9 Å². The highest BCUT2D eigenvalue weighted by molar-refractivity contribution is 7.89. The molecule has 3 N–H and O–H groups in total. The molecule has 1 aromatic heterocycles. The molecule has 0 atom stereocenters. The van der Waals surface area contributed by atoms with E-state index in [1.165, 1.54) is 12.1 Å². The Labute approximate surface area is 118 Å². The molecule has 7 heteroatoms. The van der Waals surface area contributed by atoms with Crippen molar-refractivity contribution in [2.45, 2.75) is 17.9 Å². The molecule has 0 aliphatic rings. The first-order valence-electron chi connectivity index (χ1n) is 6.13. The van der Waals surface area contributed by atoms with Crippen LogP contribution in [0.4, 0.5) is 0 Å². The Morgan fingerprint density at radius 1 is 1.15 bits per heavy atom. The Bertz CT molecular complexity index is 642. The van der Waals surface area contributed by atoms with Crippen molar-refractivity contribution >= 4 is 10.0 Å². The van der Waals surface area contributed by atoms with Crippen LogP contribution in [0.1, 0.15) is 11.3 Å². The first-order chi connectivity index (χ1) is 9.55. The highest BCUT2D eigenvalue weighted by atomic mass is 32.2. The topological polar surface area (TPSA) is 98.0 Å². The van der Waals surface area contributed by atoms with Crippen molar-refractivity contribution in [2.24, 2.45) is 5.14 Å². The van der Waals surface area contributed by atoms with Gasteiger partial charge in [0.05, 0.1) is 10.6 Å². The molecule has 0 aliphatic carbocycles. The summed E-state index contributed by atoms with van der Waals surface area (Å²) in [4.78, 5) is 8.27. The standard InChI is InChI=1S/C13H16N4O2S/c14-20(18,19)13-3-1-11(2-4-13)5-6-15-9-12-10-16-7-8-17-12/h1-4,7-8,10,15H,5-6,9H2,(H2,14,18,19). The smallest absolute Gasteiger partial charge is 0.238 e. The number of aromatic nitrogens is 2. The number of nitrogens with zero attached hydrogens (tertiary/aromatic N) is 2. The van der Waals surface area contributed by atoms with E-state index in [4.69, 9.17) is 5.14 Å². The predicted molar refractivity (Wildman–Crippen MR) is 75.3 cm³/mol. The number of sulfonamides is 1. The van der Waals surface area contributed by atoms with Crippen LogP contribution in [0.2, 0.25) is 0 Å². The molecule has 0 radical (unpaired) electrons. The Morgan fingerprint density at radius 2 is 1.90 bits per heavy atom. The molecule has 2 aromatic rings. The molecule has 0 saturated carbocycles. The zero-order valence-corrected chi connectivity index (χ0v) is 11.7. The quantitative estimate of drug-likeness (QED) is 0.754. The number of benzene rings is 1. The number of nitrogens with one attached hydrogen (secondary N) is 1. The van der Waals surface area contributed by atoms with Gasteiger partial charge < -0.3 is 5.32 Å². The van der Waals surface area contributed by atoms with Gasteiger partial charge in [-0.3, -0.25) is 9.97 Å². The van der Waals surface area contributed by atoms with Crippen molar-refractivity contribution in [1.29, 1.82) is 0 Å². The number of hydrogen-bond donors (Lipinski definition) is 2. The van der Waals surface area contributed by atoms with Crippen LogP contribution in [0.5, 0.6) is 0 Å². The van der Waals surface area contributed by atoms with Crippen LogP contribution < -0.4 is 10.5 Å². The summed E-state index contributed by atoms with van der Waals surface area (Å²) in [7, 11) is -3.61. The molecule has 0 unspecified atom stereocenters. The van der Waals surface area contributed by atoms with Gasteiger partial charge in [0, 0.05) is 25.1 Å². The van der Waals surface area contributed by atoms with Gasteiger partial charge in [0.1, 0.15) is 0 Å². The molecule has 2 rings (SSSR count). The van der Waals surface area contributed by atoms with Crippen molar-refractivity contribution in [1.82, 2.24) is 15.3 Å². The Morgan fingerprint density at radius 3 is 2.50 bits per heavy atom. The fraction of sp³-hybridized carbons (Fsp3) is 0.231. The van der Waals surface area contributed by atoms with E-state index in [0.717, 1.165) is 24.2 Å². The summed E-state index contributed by atoms with van der Waals surface area (Å²) in [6, 6.07) is 6.58. The predicted octanol–water partition coefficient (Wildman–Crippen LogP) is 0.456. The fourth-order valence-electron chi connectivity index (χ4n) is 1.72. The van der Waals surface area contributed by atoms with E-state index < -0.39 is 10.0 Å². The number of nitrogens with two attached hydrogens (primary N) is 1. The largest absolute Gasteiger partial charge is 0.311 e. The average Bonchev–Trinajstić information content (AvgIpc) is 2.44. The maximum atomic E-state index is 11.1. The van der Waals surface area contributed by atoms with E-state index in [0.29, 0.717) is 6.54 Å². The van der Waals surface area contributed by atoms with Gasteiger partial charge in [-0.1, -0.05) is 12.1 Å². The number of hydrogen-bond acceptors (Lipinski definition) is 5. The molecule has 1 aromatic carbocycles. The minimum Gasteiger partial charge on any atom is -0.311 e. The average molecular weight is 292 g/mol. The first kappa shape index (κ1) is 14.6. The van der Waals surface area contributed by atoms with E-state index in [1.54, 1.807) is 30.7 Å². The summed E-state index contributed by atoms with van der Waals surface area (Å²) in [6.45, 7) is 1.42. The second kappa shape index (κ2) is 6.56. The molecule has 0 bridgehead atoms. The van der Waals surface area contributed by atoms with Crippen molar-refractivity contribution in [3.05, 3.63) is 54.1 Å². The lowest BCUT2D eigenvalue weighted by Gasteiger charge is -2.05. The summed E-state index contributed by atoms with van der Waals surface area (Å²) in [5, 5.41) is 8.29. The second-order valence-electron chi connectivity index (χ2n) is 4.31. The zero-order valence-electron chi connectivity index (χ0n) is 10.9. The Hall–Kier alpha value is -1.83. The van der Waals surface area contributed by atoms with Crippen LogP contribution in [0.3, 0.4) is 0 Å². The van der Waals surface area contributed by atoms with E-state index in [-0.39, 0.29) is 4.90 Å². The van der Waals surface area contributed by atoms with Crippen molar-refractivity contribution < 1.29 is 8.42 Å². The van der Waals surface area contributed by atoms with E-state index in [1.807, 2.05) is 0 Å². The molecule has 6 nitrogen and oxygen atoms in total. The van der Waals surface area contributed by atoms with Crippen molar-refractivity contribution in [2.75, 3.05) is 6.54 Å². The molecule has 1 heterocycles. The van der Waals surface area contributed by atoms with Gasteiger partial charge >= 0.3 is 0 Å². The number of primary sulfonamides is 1. The van der Waals surface area contributed by atoms with Crippen LogP contribution in [0.15, 0.2) is 47.8 Å². The Kier molecular flexibility index (Phi) is 4.78. The summed E-state index contributed by atoms with van der Waals surface area (Å²) in [5.41, 5.74) is 1.93. The molecular weight excluding hydrogens is 276 g/mol. The summed E-state index contributed by atoms with van der Waals surface area (Å²) < 4.78 is 22.2. The van der Waals surface area contributed by atoms with Crippen LogP contribution >= 0.6 is 0 Å².